The Morgan fingerprint density at radius 1 is 1.26 bits per heavy atom. The summed E-state index contributed by atoms with van der Waals surface area (Å²) in [5.41, 5.74) is 0.794. The largest absolute Gasteiger partial charge is 0.324 e. The Morgan fingerprint density at radius 3 is 2.39 bits per heavy atom. The first-order valence-corrected chi connectivity index (χ1v) is 9.87. The van der Waals surface area contributed by atoms with E-state index in [4.69, 9.17) is 0 Å². The molecule has 0 aromatic heterocycles. The molecule has 1 aromatic rings. The third-order valence-corrected chi connectivity index (χ3v) is 6.21. The minimum Gasteiger partial charge on any atom is -0.324 e. The second-order valence-electron chi connectivity index (χ2n) is 7.03. The van der Waals surface area contributed by atoms with Crippen molar-refractivity contribution < 1.29 is 13.2 Å². The highest BCUT2D eigenvalue weighted by molar-refractivity contribution is 7.90. The monoisotopic (exact) mass is 338 g/mol. The maximum atomic E-state index is 12.4. The van der Waals surface area contributed by atoms with Crippen LogP contribution in [0.1, 0.15) is 33.6 Å². The summed E-state index contributed by atoms with van der Waals surface area (Å²) in [6, 6.07) is 6.20. The van der Waals surface area contributed by atoms with E-state index in [-0.39, 0.29) is 16.3 Å². The molecule has 0 bridgehead atoms. The molecule has 0 aliphatic carbocycles. The second kappa shape index (κ2) is 6.51. The van der Waals surface area contributed by atoms with Gasteiger partial charge in [0.2, 0.25) is 0 Å². The summed E-state index contributed by atoms with van der Waals surface area (Å²) in [4.78, 5) is 14.4. The van der Waals surface area contributed by atoms with Crippen LogP contribution in [0.25, 0.3) is 0 Å². The Bertz CT molecular complexity index is 675. The second-order valence-corrected chi connectivity index (χ2v) is 9.04. The van der Waals surface area contributed by atoms with Gasteiger partial charge in [-0.05, 0) is 42.4 Å². The van der Waals surface area contributed by atoms with Gasteiger partial charge in [0.05, 0.1) is 4.90 Å². The number of likely N-dealkylation sites (tertiary alicyclic amines) is 1. The van der Waals surface area contributed by atoms with Gasteiger partial charge in [0.25, 0.3) is 0 Å². The Labute approximate surface area is 139 Å². The summed E-state index contributed by atoms with van der Waals surface area (Å²) in [7, 11) is -3.28. The van der Waals surface area contributed by atoms with Crippen molar-refractivity contribution in [2.45, 2.75) is 38.5 Å². The smallest absolute Gasteiger partial charge is 0.321 e. The van der Waals surface area contributed by atoms with Gasteiger partial charge in [0.15, 0.2) is 9.84 Å². The van der Waals surface area contributed by atoms with E-state index in [1.54, 1.807) is 17.0 Å². The molecule has 1 N–H and O–H groups in total. The van der Waals surface area contributed by atoms with E-state index in [2.05, 4.69) is 26.1 Å². The van der Waals surface area contributed by atoms with Gasteiger partial charge >= 0.3 is 6.03 Å². The van der Waals surface area contributed by atoms with E-state index < -0.39 is 9.84 Å². The van der Waals surface area contributed by atoms with Crippen molar-refractivity contribution in [3.05, 3.63) is 24.3 Å². The highest BCUT2D eigenvalue weighted by Gasteiger charge is 2.34. The zero-order valence-corrected chi connectivity index (χ0v) is 15.1. The standard InChI is InChI=1S/C17H26N2O3S/c1-13(2)17(3)8-10-19(11-9-17)16(20)18-14-6-5-7-15(12-14)23(4,21)22/h5-7,12-13H,8-11H2,1-4H3,(H,18,20). The number of benzene rings is 1. The molecule has 0 radical (unpaired) electrons. The molecule has 0 unspecified atom stereocenters. The number of urea groups is 1. The summed E-state index contributed by atoms with van der Waals surface area (Å²) in [5.74, 6) is 0.596. The van der Waals surface area contributed by atoms with E-state index >= 15 is 0 Å². The van der Waals surface area contributed by atoms with Gasteiger partial charge < -0.3 is 10.2 Å². The number of rotatable bonds is 3. The quantitative estimate of drug-likeness (QED) is 0.919. The van der Waals surface area contributed by atoms with Gasteiger partial charge in [0, 0.05) is 25.0 Å². The van der Waals surface area contributed by atoms with Gasteiger partial charge in [-0.2, -0.15) is 0 Å². The normalized spacial score (nSPS) is 18.0. The molecule has 2 rings (SSSR count). The lowest BCUT2D eigenvalue weighted by atomic mass is 9.72. The minimum absolute atomic E-state index is 0.165. The number of sulfone groups is 1. The Morgan fingerprint density at radius 2 is 1.87 bits per heavy atom. The van der Waals surface area contributed by atoms with Crippen LogP contribution >= 0.6 is 0 Å². The molecule has 1 heterocycles. The van der Waals surface area contributed by atoms with Crippen molar-refractivity contribution in [2.75, 3.05) is 24.7 Å². The number of amides is 2. The van der Waals surface area contributed by atoms with E-state index in [0.717, 1.165) is 32.2 Å². The van der Waals surface area contributed by atoms with Crippen LogP contribution in [0.5, 0.6) is 0 Å². The summed E-state index contributed by atoms with van der Waals surface area (Å²) in [5, 5.41) is 2.80. The summed E-state index contributed by atoms with van der Waals surface area (Å²) < 4.78 is 23.2. The lowest BCUT2D eigenvalue weighted by Gasteiger charge is -2.42. The van der Waals surface area contributed by atoms with Crippen LogP contribution in [0.3, 0.4) is 0 Å². The zero-order valence-electron chi connectivity index (χ0n) is 14.3. The average Bonchev–Trinajstić information content (AvgIpc) is 2.47. The number of anilines is 1. The van der Waals surface area contributed by atoms with E-state index in [1.165, 1.54) is 12.1 Å². The summed E-state index contributed by atoms with van der Waals surface area (Å²) in [6.45, 7) is 8.19. The lowest BCUT2D eigenvalue weighted by molar-refractivity contribution is 0.0964. The highest BCUT2D eigenvalue weighted by atomic mass is 32.2. The molecule has 0 saturated carbocycles. The van der Waals surface area contributed by atoms with Crippen LogP contribution in [0.15, 0.2) is 29.2 Å². The first-order valence-electron chi connectivity index (χ1n) is 7.98. The molecule has 6 heteroatoms. The molecule has 1 aromatic carbocycles. The predicted molar refractivity (Wildman–Crippen MR) is 92.3 cm³/mol. The minimum atomic E-state index is -3.28. The summed E-state index contributed by atoms with van der Waals surface area (Å²) >= 11 is 0. The molecule has 2 amide bonds. The molecule has 5 nitrogen and oxygen atoms in total. The van der Waals surface area contributed by atoms with Crippen LogP contribution in [0, 0.1) is 11.3 Å². The van der Waals surface area contributed by atoms with Crippen LogP contribution in [0.4, 0.5) is 10.5 Å². The Balaban J connectivity index is 2.01. The number of hydrogen-bond donors (Lipinski definition) is 1. The van der Waals surface area contributed by atoms with Crippen LogP contribution in [0.2, 0.25) is 0 Å². The third-order valence-electron chi connectivity index (χ3n) is 5.10. The zero-order chi connectivity index (χ0) is 17.3. The van der Waals surface area contributed by atoms with Crippen LogP contribution < -0.4 is 5.32 Å². The fourth-order valence-electron chi connectivity index (χ4n) is 2.81. The van der Waals surface area contributed by atoms with Gasteiger partial charge in [-0.25, -0.2) is 13.2 Å². The van der Waals surface area contributed by atoms with Crippen molar-refractivity contribution in [1.29, 1.82) is 0 Å². The molecule has 0 spiro atoms. The predicted octanol–water partition coefficient (Wildman–Crippen LogP) is 3.38. The lowest BCUT2D eigenvalue weighted by Crippen LogP contribution is -2.45. The Kier molecular flexibility index (Phi) is 5.04. The molecular formula is C17H26N2O3S. The van der Waals surface area contributed by atoms with Gasteiger partial charge in [-0.1, -0.05) is 26.8 Å². The topological polar surface area (TPSA) is 66.5 Å². The Hall–Kier alpha value is -1.56. The maximum absolute atomic E-state index is 12.4. The number of carbonyl (C=O) groups excluding carboxylic acids is 1. The van der Waals surface area contributed by atoms with E-state index in [1.807, 2.05) is 0 Å². The maximum Gasteiger partial charge on any atom is 0.321 e. The molecule has 0 atom stereocenters. The fourth-order valence-corrected chi connectivity index (χ4v) is 3.47. The molecule has 23 heavy (non-hydrogen) atoms. The first-order chi connectivity index (χ1) is 10.6. The fraction of sp³-hybridized carbons (Fsp3) is 0.588. The number of piperidine rings is 1. The molecule has 1 saturated heterocycles. The summed E-state index contributed by atoms with van der Waals surface area (Å²) in [6.07, 6.45) is 3.13. The van der Waals surface area contributed by atoms with Crippen molar-refractivity contribution in [3.8, 4) is 0 Å². The molecule has 128 valence electrons. The molecule has 1 aliphatic rings. The number of nitrogens with one attached hydrogen (secondary N) is 1. The SMILES string of the molecule is CC(C)C1(C)CCN(C(=O)Nc2cccc(S(C)(=O)=O)c2)CC1. The van der Waals surface area contributed by atoms with Gasteiger partial charge in [-0.3, -0.25) is 0 Å². The van der Waals surface area contributed by atoms with Crippen molar-refractivity contribution in [1.82, 2.24) is 4.90 Å². The highest BCUT2D eigenvalue weighted by Crippen LogP contribution is 2.38. The number of hydrogen-bond acceptors (Lipinski definition) is 3. The van der Waals surface area contributed by atoms with E-state index in [0.29, 0.717) is 11.6 Å². The van der Waals surface area contributed by atoms with Gasteiger partial charge in [-0.15, -0.1) is 0 Å². The number of carbonyl (C=O) groups is 1. The molecular weight excluding hydrogens is 312 g/mol. The molecule has 1 aliphatic heterocycles. The van der Waals surface area contributed by atoms with Crippen LogP contribution in [-0.4, -0.2) is 38.7 Å². The van der Waals surface area contributed by atoms with Crippen molar-refractivity contribution >= 4 is 21.6 Å². The molecule has 1 fully saturated rings. The van der Waals surface area contributed by atoms with Gasteiger partial charge in [0.1, 0.15) is 0 Å². The third kappa shape index (κ3) is 4.25. The average molecular weight is 338 g/mol. The van der Waals surface area contributed by atoms with E-state index in [9.17, 15) is 13.2 Å². The van der Waals surface area contributed by atoms with Crippen LogP contribution in [-0.2, 0) is 9.84 Å². The number of nitrogens with zero attached hydrogens (tertiary/aromatic N) is 1. The first kappa shape index (κ1) is 17.8. The van der Waals surface area contributed by atoms with Crippen molar-refractivity contribution in [3.63, 3.8) is 0 Å². The van der Waals surface area contributed by atoms with Crippen molar-refractivity contribution in [2.24, 2.45) is 11.3 Å².